The van der Waals surface area contributed by atoms with E-state index in [9.17, 15) is 0 Å². The molecule has 4 heteroatoms. The first kappa shape index (κ1) is 13.1. The zero-order chi connectivity index (χ0) is 12.4. The zero-order valence-electron chi connectivity index (χ0n) is 10.6. The van der Waals surface area contributed by atoms with Gasteiger partial charge in [-0.2, -0.15) is 0 Å². The summed E-state index contributed by atoms with van der Waals surface area (Å²) >= 11 is 5.41. The molecular formula is C14H20BrNOS. The van der Waals surface area contributed by atoms with Crippen molar-refractivity contribution in [3.05, 3.63) is 20.8 Å². The van der Waals surface area contributed by atoms with Crippen molar-refractivity contribution in [2.24, 2.45) is 5.41 Å². The number of nitrogens with one attached hydrogen (secondary N) is 1. The van der Waals surface area contributed by atoms with Gasteiger partial charge in [0.05, 0.1) is 6.61 Å². The van der Waals surface area contributed by atoms with Gasteiger partial charge in [-0.1, -0.05) is 0 Å². The standard InChI is InChI=1S/C14H20BrNOS/c15-11-6-13(18-8-11)7-14(4-1-5-17-10-14)9-16-12-2-3-12/h6,8,12,16H,1-5,7,9-10H2. The molecule has 2 aliphatic rings. The maximum atomic E-state index is 5.77. The summed E-state index contributed by atoms with van der Waals surface area (Å²) in [4.78, 5) is 1.48. The third-order valence-corrected chi connectivity index (χ3v) is 5.62. The van der Waals surface area contributed by atoms with Gasteiger partial charge in [0, 0.05) is 39.3 Å². The van der Waals surface area contributed by atoms with E-state index in [1.807, 2.05) is 11.3 Å². The van der Waals surface area contributed by atoms with E-state index in [4.69, 9.17) is 4.74 Å². The third kappa shape index (κ3) is 3.35. The largest absolute Gasteiger partial charge is 0.381 e. The van der Waals surface area contributed by atoms with Crippen molar-refractivity contribution < 1.29 is 4.74 Å². The van der Waals surface area contributed by atoms with Gasteiger partial charge in [0.1, 0.15) is 0 Å². The average molecular weight is 330 g/mol. The molecule has 100 valence electrons. The number of hydrogen-bond acceptors (Lipinski definition) is 3. The predicted octanol–water partition coefficient (Wildman–Crippen LogP) is 3.60. The summed E-state index contributed by atoms with van der Waals surface area (Å²) in [7, 11) is 0. The van der Waals surface area contributed by atoms with Crippen LogP contribution in [-0.4, -0.2) is 25.8 Å². The van der Waals surface area contributed by atoms with Gasteiger partial charge in [-0.3, -0.25) is 0 Å². The number of hydrogen-bond donors (Lipinski definition) is 1. The van der Waals surface area contributed by atoms with Gasteiger partial charge in [-0.15, -0.1) is 11.3 Å². The van der Waals surface area contributed by atoms with E-state index >= 15 is 0 Å². The lowest BCUT2D eigenvalue weighted by atomic mass is 9.79. The highest BCUT2D eigenvalue weighted by Crippen LogP contribution is 2.35. The second-order valence-corrected chi connectivity index (χ2v) is 7.63. The van der Waals surface area contributed by atoms with Gasteiger partial charge in [-0.25, -0.2) is 0 Å². The Morgan fingerprint density at radius 1 is 1.50 bits per heavy atom. The Hall–Kier alpha value is 0.1000. The summed E-state index contributed by atoms with van der Waals surface area (Å²) in [6.45, 7) is 2.98. The molecule has 18 heavy (non-hydrogen) atoms. The monoisotopic (exact) mass is 329 g/mol. The number of thiophene rings is 1. The van der Waals surface area contributed by atoms with Crippen LogP contribution in [0, 0.1) is 5.41 Å². The Kier molecular flexibility index (Phi) is 4.09. The second-order valence-electron chi connectivity index (χ2n) is 5.72. The molecule has 0 spiro atoms. The van der Waals surface area contributed by atoms with Gasteiger partial charge in [0.2, 0.25) is 0 Å². The highest BCUT2D eigenvalue weighted by Gasteiger charge is 2.35. The van der Waals surface area contributed by atoms with Crippen LogP contribution in [0.15, 0.2) is 15.9 Å². The summed E-state index contributed by atoms with van der Waals surface area (Å²) in [5.41, 5.74) is 0.325. The maximum Gasteiger partial charge on any atom is 0.0538 e. The molecule has 2 fully saturated rings. The second kappa shape index (κ2) is 5.61. The van der Waals surface area contributed by atoms with Crippen molar-refractivity contribution in [2.75, 3.05) is 19.8 Å². The van der Waals surface area contributed by atoms with E-state index in [2.05, 4.69) is 32.7 Å². The van der Waals surface area contributed by atoms with Crippen molar-refractivity contribution in [1.82, 2.24) is 5.32 Å². The maximum absolute atomic E-state index is 5.77. The fraction of sp³-hybridized carbons (Fsp3) is 0.714. The lowest BCUT2D eigenvalue weighted by molar-refractivity contribution is -0.00693. The first-order valence-corrected chi connectivity index (χ1v) is 8.47. The van der Waals surface area contributed by atoms with E-state index < -0.39 is 0 Å². The molecule has 0 bridgehead atoms. The molecule has 1 aliphatic carbocycles. The molecule has 3 rings (SSSR count). The predicted molar refractivity (Wildman–Crippen MR) is 79.2 cm³/mol. The van der Waals surface area contributed by atoms with Crippen LogP contribution in [0.1, 0.15) is 30.6 Å². The van der Waals surface area contributed by atoms with Gasteiger partial charge >= 0.3 is 0 Å². The van der Waals surface area contributed by atoms with Gasteiger partial charge in [0.25, 0.3) is 0 Å². The van der Waals surface area contributed by atoms with Crippen LogP contribution >= 0.6 is 27.3 Å². The minimum absolute atomic E-state index is 0.325. The molecule has 1 saturated heterocycles. The van der Waals surface area contributed by atoms with E-state index in [1.165, 1.54) is 35.0 Å². The molecule has 1 aromatic heterocycles. The van der Waals surface area contributed by atoms with Gasteiger partial charge in [0.15, 0.2) is 0 Å². The molecule has 1 N–H and O–H groups in total. The summed E-state index contributed by atoms with van der Waals surface area (Å²) in [5, 5.41) is 5.89. The molecule has 1 unspecified atom stereocenters. The fourth-order valence-electron chi connectivity index (χ4n) is 2.72. The smallest absolute Gasteiger partial charge is 0.0538 e. The van der Waals surface area contributed by atoms with Crippen LogP contribution in [-0.2, 0) is 11.2 Å². The summed E-state index contributed by atoms with van der Waals surface area (Å²) in [5.74, 6) is 0. The van der Waals surface area contributed by atoms with Crippen molar-refractivity contribution in [1.29, 1.82) is 0 Å². The molecule has 1 aromatic rings. The highest BCUT2D eigenvalue weighted by atomic mass is 79.9. The van der Waals surface area contributed by atoms with Crippen LogP contribution in [0.3, 0.4) is 0 Å². The number of halogens is 1. The van der Waals surface area contributed by atoms with Crippen LogP contribution in [0.25, 0.3) is 0 Å². The first-order chi connectivity index (χ1) is 8.76. The van der Waals surface area contributed by atoms with Gasteiger partial charge in [-0.05, 0) is 54.1 Å². The third-order valence-electron chi connectivity index (χ3n) is 3.92. The van der Waals surface area contributed by atoms with E-state index in [0.29, 0.717) is 5.41 Å². The Morgan fingerprint density at radius 2 is 2.39 bits per heavy atom. The summed E-state index contributed by atoms with van der Waals surface area (Å²) in [6, 6.07) is 3.05. The lowest BCUT2D eigenvalue weighted by Gasteiger charge is -2.37. The van der Waals surface area contributed by atoms with Gasteiger partial charge < -0.3 is 10.1 Å². The average Bonchev–Trinajstić information content (AvgIpc) is 3.12. The SMILES string of the molecule is Brc1csc(CC2(CNC3CC3)CCCOC2)c1. The quantitative estimate of drug-likeness (QED) is 0.891. The minimum Gasteiger partial charge on any atom is -0.381 e. The van der Waals surface area contributed by atoms with Crippen LogP contribution in [0.4, 0.5) is 0 Å². The Bertz CT molecular complexity index is 396. The summed E-state index contributed by atoms with van der Waals surface area (Å²) < 4.78 is 6.98. The molecular weight excluding hydrogens is 310 g/mol. The first-order valence-electron chi connectivity index (χ1n) is 6.80. The topological polar surface area (TPSA) is 21.3 Å². The van der Waals surface area contributed by atoms with Crippen molar-refractivity contribution >= 4 is 27.3 Å². The molecule has 0 aromatic carbocycles. The number of rotatable bonds is 5. The highest BCUT2D eigenvalue weighted by molar-refractivity contribution is 9.10. The molecule has 0 amide bonds. The molecule has 2 heterocycles. The Balaban J connectivity index is 1.66. The molecule has 1 saturated carbocycles. The lowest BCUT2D eigenvalue weighted by Crippen LogP contribution is -2.43. The van der Waals surface area contributed by atoms with Crippen molar-refractivity contribution in [3.8, 4) is 0 Å². The molecule has 1 atom stereocenters. The Morgan fingerprint density at radius 3 is 3.00 bits per heavy atom. The normalized spacial score (nSPS) is 28.5. The van der Waals surface area contributed by atoms with E-state index in [-0.39, 0.29) is 0 Å². The van der Waals surface area contributed by atoms with Crippen LogP contribution < -0.4 is 5.32 Å². The van der Waals surface area contributed by atoms with Crippen LogP contribution in [0.5, 0.6) is 0 Å². The fourth-order valence-corrected chi connectivity index (χ4v) is 4.34. The molecule has 2 nitrogen and oxygen atoms in total. The number of ether oxygens (including phenoxy) is 1. The minimum atomic E-state index is 0.325. The van der Waals surface area contributed by atoms with E-state index in [1.54, 1.807) is 0 Å². The molecule has 1 aliphatic heterocycles. The zero-order valence-corrected chi connectivity index (χ0v) is 13.0. The Labute approximate surface area is 121 Å². The van der Waals surface area contributed by atoms with Crippen LogP contribution in [0.2, 0.25) is 0 Å². The van der Waals surface area contributed by atoms with E-state index in [0.717, 1.165) is 32.2 Å². The summed E-state index contributed by atoms with van der Waals surface area (Å²) in [6.07, 6.45) is 6.38. The molecule has 0 radical (unpaired) electrons. The van der Waals surface area contributed by atoms with Crippen molar-refractivity contribution in [3.63, 3.8) is 0 Å². The van der Waals surface area contributed by atoms with Crippen molar-refractivity contribution in [2.45, 2.75) is 38.1 Å².